The lowest BCUT2D eigenvalue weighted by molar-refractivity contribution is 0.681. The van der Waals surface area contributed by atoms with E-state index in [0.717, 1.165) is 23.0 Å². The summed E-state index contributed by atoms with van der Waals surface area (Å²) in [5, 5.41) is 0. The van der Waals surface area contributed by atoms with Crippen LogP contribution < -0.4 is 0 Å². The molecular formula is C16H18N2. The van der Waals surface area contributed by atoms with Gasteiger partial charge >= 0.3 is 0 Å². The van der Waals surface area contributed by atoms with Crippen LogP contribution in [0.4, 0.5) is 0 Å². The Morgan fingerprint density at radius 1 is 1.33 bits per heavy atom. The number of rotatable bonds is 1. The fraction of sp³-hybridized carbons (Fsp3) is 0.438. The molecule has 2 heteroatoms. The zero-order chi connectivity index (χ0) is 12.4. The Kier molecular flexibility index (Phi) is 3.06. The molecule has 1 aliphatic rings. The summed E-state index contributed by atoms with van der Waals surface area (Å²) in [6.07, 6.45) is 6.14. The standard InChI is InChI=1S/C16H18N2/c1-2-3-6-12-9-10-14-15(11-12)18-16(17-14)13-7-4-5-8-13/h9-11,13H,2,4-5,7-8H2,1H3,(H,17,18). The molecule has 0 radical (unpaired) electrons. The molecule has 0 saturated heterocycles. The minimum Gasteiger partial charge on any atom is -0.342 e. The summed E-state index contributed by atoms with van der Waals surface area (Å²) in [6, 6.07) is 6.25. The van der Waals surface area contributed by atoms with Crippen molar-refractivity contribution in [3.05, 3.63) is 29.6 Å². The number of nitrogens with one attached hydrogen (secondary N) is 1. The highest BCUT2D eigenvalue weighted by Gasteiger charge is 2.20. The van der Waals surface area contributed by atoms with E-state index in [0.29, 0.717) is 5.92 Å². The summed E-state index contributed by atoms with van der Waals surface area (Å²) >= 11 is 0. The Morgan fingerprint density at radius 3 is 2.94 bits per heavy atom. The predicted octanol–water partition coefficient (Wildman–Crippen LogP) is 3.98. The number of hydrogen-bond donors (Lipinski definition) is 1. The van der Waals surface area contributed by atoms with E-state index in [1.54, 1.807) is 0 Å². The SMILES string of the molecule is CCC#Cc1ccc2nc(C3CCCC3)[nH]c2c1. The fourth-order valence-electron chi connectivity index (χ4n) is 2.69. The van der Waals surface area contributed by atoms with Gasteiger partial charge in [0.1, 0.15) is 5.82 Å². The summed E-state index contributed by atoms with van der Waals surface area (Å²) in [6.45, 7) is 2.07. The fourth-order valence-corrected chi connectivity index (χ4v) is 2.69. The molecule has 1 fully saturated rings. The highest BCUT2D eigenvalue weighted by molar-refractivity contribution is 5.77. The van der Waals surface area contributed by atoms with Gasteiger partial charge in [-0.3, -0.25) is 0 Å². The Hall–Kier alpha value is -1.75. The lowest BCUT2D eigenvalue weighted by Gasteiger charge is -2.02. The molecule has 0 bridgehead atoms. The van der Waals surface area contributed by atoms with Crippen LogP contribution in [0.1, 0.15) is 56.3 Å². The van der Waals surface area contributed by atoms with Crippen molar-refractivity contribution < 1.29 is 0 Å². The van der Waals surface area contributed by atoms with E-state index in [4.69, 9.17) is 4.98 Å². The second-order valence-corrected chi connectivity index (χ2v) is 4.99. The van der Waals surface area contributed by atoms with Crippen LogP contribution in [0.3, 0.4) is 0 Å². The van der Waals surface area contributed by atoms with E-state index in [9.17, 15) is 0 Å². The molecular weight excluding hydrogens is 220 g/mol. The molecule has 18 heavy (non-hydrogen) atoms. The van der Waals surface area contributed by atoms with Crippen LogP contribution in [-0.4, -0.2) is 9.97 Å². The van der Waals surface area contributed by atoms with Gasteiger partial charge in [0, 0.05) is 17.9 Å². The summed E-state index contributed by atoms with van der Waals surface area (Å²) in [5.41, 5.74) is 3.27. The first kappa shape index (κ1) is 11.3. The van der Waals surface area contributed by atoms with Gasteiger partial charge in [-0.25, -0.2) is 4.98 Å². The van der Waals surface area contributed by atoms with Gasteiger partial charge in [-0.15, -0.1) is 0 Å². The van der Waals surface area contributed by atoms with E-state index in [1.807, 2.05) is 0 Å². The third-order valence-electron chi connectivity index (χ3n) is 3.65. The highest BCUT2D eigenvalue weighted by Crippen LogP contribution is 2.33. The van der Waals surface area contributed by atoms with Crippen LogP contribution in [0.15, 0.2) is 18.2 Å². The minimum absolute atomic E-state index is 0.641. The van der Waals surface area contributed by atoms with Crippen molar-refractivity contribution in [2.45, 2.75) is 44.9 Å². The van der Waals surface area contributed by atoms with Gasteiger partial charge in [-0.2, -0.15) is 0 Å². The normalized spacial score (nSPS) is 15.8. The topological polar surface area (TPSA) is 28.7 Å². The number of fused-ring (bicyclic) bond motifs is 1. The number of aromatic amines is 1. The zero-order valence-electron chi connectivity index (χ0n) is 10.8. The van der Waals surface area contributed by atoms with Crippen LogP contribution in [0.25, 0.3) is 11.0 Å². The number of aromatic nitrogens is 2. The summed E-state index contributed by atoms with van der Waals surface area (Å²) in [4.78, 5) is 8.19. The third kappa shape index (κ3) is 2.13. The van der Waals surface area contributed by atoms with Crippen molar-refractivity contribution in [1.82, 2.24) is 9.97 Å². The lowest BCUT2D eigenvalue weighted by atomic mass is 10.1. The molecule has 0 spiro atoms. The second kappa shape index (κ2) is 4.86. The predicted molar refractivity (Wildman–Crippen MR) is 74.5 cm³/mol. The maximum Gasteiger partial charge on any atom is 0.110 e. The van der Waals surface area contributed by atoms with E-state index >= 15 is 0 Å². The smallest absolute Gasteiger partial charge is 0.110 e. The molecule has 2 nitrogen and oxygen atoms in total. The number of nitrogens with zero attached hydrogens (tertiary/aromatic N) is 1. The maximum absolute atomic E-state index is 4.71. The van der Waals surface area contributed by atoms with Crippen molar-refractivity contribution in [2.24, 2.45) is 0 Å². The monoisotopic (exact) mass is 238 g/mol. The van der Waals surface area contributed by atoms with Crippen molar-refractivity contribution in [1.29, 1.82) is 0 Å². The van der Waals surface area contributed by atoms with Crippen LogP contribution in [0, 0.1) is 11.8 Å². The summed E-state index contributed by atoms with van der Waals surface area (Å²) in [5.74, 6) is 8.09. The van der Waals surface area contributed by atoms with Gasteiger partial charge < -0.3 is 4.98 Å². The molecule has 2 aromatic rings. The Labute approximate surface area is 108 Å². The van der Waals surface area contributed by atoms with Crippen molar-refractivity contribution in [3.8, 4) is 11.8 Å². The molecule has 1 aromatic heterocycles. The third-order valence-corrected chi connectivity index (χ3v) is 3.65. The van der Waals surface area contributed by atoms with Crippen LogP contribution in [-0.2, 0) is 0 Å². The van der Waals surface area contributed by atoms with E-state index < -0.39 is 0 Å². The van der Waals surface area contributed by atoms with Gasteiger partial charge in [0.05, 0.1) is 11.0 Å². The lowest BCUT2D eigenvalue weighted by Crippen LogP contribution is -1.93. The molecule has 1 aliphatic carbocycles. The molecule has 0 atom stereocenters. The van der Waals surface area contributed by atoms with Gasteiger partial charge in [-0.1, -0.05) is 31.6 Å². The molecule has 92 valence electrons. The Balaban J connectivity index is 1.96. The number of imidazole rings is 1. The molecule has 1 aromatic carbocycles. The van der Waals surface area contributed by atoms with Crippen LogP contribution >= 0.6 is 0 Å². The Bertz CT molecular complexity index is 607. The van der Waals surface area contributed by atoms with Gasteiger partial charge in [0.15, 0.2) is 0 Å². The molecule has 0 amide bonds. The average Bonchev–Trinajstić information content (AvgIpc) is 3.03. The first-order chi connectivity index (χ1) is 8.86. The van der Waals surface area contributed by atoms with Crippen molar-refractivity contribution in [2.75, 3.05) is 0 Å². The largest absolute Gasteiger partial charge is 0.342 e. The highest BCUT2D eigenvalue weighted by atomic mass is 14.9. The van der Waals surface area contributed by atoms with E-state index in [-0.39, 0.29) is 0 Å². The molecule has 1 N–H and O–H groups in total. The van der Waals surface area contributed by atoms with Gasteiger partial charge in [0.25, 0.3) is 0 Å². The molecule has 0 aliphatic heterocycles. The van der Waals surface area contributed by atoms with Gasteiger partial charge in [-0.05, 0) is 31.0 Å². The van der Waals surface area contributed by atoms with E-state index in [1.165, 1.54) is 31.5 Å². The average molecular weight is 238 g/mol. The number of hydrogen-bond acceptors (Lipinski definition) is 1. The maximum atomic E-state index is 4.71. The van der Waals surface area contributed by atoms with Gasteiger partial charge in [0.2, 0.25) is 0 Å². The van der Waals surface area contributed by atoms with Crippen LogP contribution in [0.2, 0.25) is 0 Å². The Morgan fingerprint density at radius 2 is 2.17 bits per heavy atom. The first-order valence-electron chi connectivity index (χ1n) is 6.85. The van der Waals surface area contributed by atoms with Crippen LogP contribution in [0.5, 0.6) is 0 Å². The van der Waals surface area contributed by atoms with Crippen molar-refractivity contribution in [3.63, 3.8) is 0 Å². The summed E-state index contributed by atoms with van der Waals surface area (Å²) in [7, 11) is 0. The second-order valence-electron chi connectivity index (χ2n) is 4.99. The number of H-pyrrole nitrogens is 1. The number of benzene rings is 1. The quantitative estimate of drug-likeness (QED) is 0.748. The first-order valence-corrected chi connectivity index (χ1v) is 6.85. The molecule has 0 unspecified atom stereocenters. The minimum atomic E-state index is 0.641. The summed E-state index contributed by atoms with van der Waals surface area (Å²) < 4.78 is 0. The molecule has 1 saturated carbocycles. The van der Waals surface area contributed by atoms with E-state index in [2.05, 4.69) is 41.9 Å². The zero-order valence-corrected chi connectivity index (χ0v) is 10.8. The molecule has 1 heterocycles. The molecule has 3 rings (SSSR count). The van der Waals surface area contributed by atoms with Crippen molar-refractivity contribution >= 4 is 11.0 Å².